The summed E-state index contributed by atoms with van der Waals surface area (Å²) in [5.74, 6) is 0.816. The number of nitrogens with two attached hydrogens (primary N) is 2. The van der Waals surface area contributed by atoms with E-state index in [2.05, 4.69) is 4.99 Å². The average molecular weight is 354 g/mol. The monoisotopic (exact) mass is 354 g/mol. The molecule has 1 aromatic carbocycles. The largest absolute Gasteiger partial charge is 0.369 e. The third-order valence-electron chi connectivity index (χ3n) is 5.73. The molecule has 3 aliphatic rings. The fraction of sp³-hybridized carbons (Fsp3) is 0.526. The lowest BCUT2D eigenvalue weighted by molar-refractivity contribution is -0.117. The molecule has 1 spiro atoms. The molecule has 1 aliphatic carbocycles. The molecule has 2 heterocycles. The van der Waals surface area contributed by atoms with Gasteiger partial charge in [-0.2, -0.15) is 4.99 Å². The van der Waals surface area contributed by atoms with Crippen LogP contribution in [0.25, 0.3) is 0 Å². The third kappa shape index (κ3) is 2.62. The number of benzene rings is 1. The summed E-state index contributed by atoms with van der Waals surface area (Å²) in [5, 5.41) is 0. The molecule has 4 rings (SSSR count). The first kappa shape index (κ1) is 16.9. The van der Waals surface area contributed by atoms with Gasteiger partial charge >= 0.3 is 0 Å². The molecule has 7 heteroatoms. The van der Waals surface area contributed by atoms with Crippen LogP contribution in [0.4, 0.5) is 11.4 Å². The van der Waals surface area contributed by atoms with E-state index in [-0.39, 0.29) is 11.9 Å². The topological polar surface area (TPSA) is 100 Å². The summed E-state index contributed by atoms with van der Waals surface area (Å²) in [5.41, 5.74) is 14.8. The molecule has 7 nitrogen and oxygen atoms in total. The van der Waals surface area contributed by atoms with Gasteiger partial charge in [0.15, 0.2) is 0 Å². The zero-order valence-electron chi connectivity index (χ0n) is 15.2. The van der Waals surface area contributed by atoms with Gasteiger partial charge in [-0.15, -0.1) is 0 Å². The SMILES string of the molecule is Cc1c(N2CCCC2=O)cccc1N1C(N)=NC(N)=NC12CCCCC2. The van der Waals surface area contributed by atoms with Crippen LogP contribution in [0.2, 0.25) is 0 Å². The molecular formula is C19H26N6O. The Hall–Kier alpha value is -2.57. The predicted octanol–water partition coefficient (Wildman–Crippen LogP) is 2.23. The van der Waals surface area contributed by atoms with E-state index in [0.717, 1.165) is 55.6 Å². The van der Waals surface area contributed by atoms with Crippen LogP contribution in [0.3, 0.4) is 0 Å². The van der Waals surface area contributed by atoms with Crippen molar-refractivity contribution in [2.75, 3.05) is 16.3 Å². The summed E-state index contributed by atoms with van der Waals surface area (Å²) in [6.45, 7) is 2.81. The standard InChI is InChI=1S/C19H26N6O/c1-13-14(24-12-6-9-16(24)26)7-5-8-15(13)25-18(21)22-17(20)23-19(25)10-3-2-4-11-19/h5,7-8H,2-4,6,9-12H2,1H3,(H4,20,21,22,23). The van der Waals surface area contributed by atoms with Gasteiger partial charge in [0.1, 0.15) is 5.66 Å². The molecule has 138 valence electrons. The van der Waals surface area contributed by atoms with Gasteiger partial charge in [0, 0.05) is 18.7 Å². The summed E-state index contributed by atoms with van der Waals surface area (Å²) in [4.78, 5) is 25.1. The van der Waals surface area contributed by atoms with Crippen LogP contribution < -0.4 is 21.3 Å². The van der Waals surface area contributed by atoms with Gasteiger partial charge in [0.2, 0.25) is 17.8 Å². The molecule has 1 saturated carbocycles. The second-order valence-electron chi connectivity index (χ2n) is 7.39. The number of hydrogen-bond acceptors (Lipinski definition) is 6. The van der Waals surface area contributed by atoms with Crippen molar-refractivity contribution >= 4 is 29.2 Å². The molecule has 1 saturated heterocycles. The van der Waals surface area contributed by atoms with Gasteiger partial charge in [0.05, 0.1) is 5.69 Å². The van der Waals surface area contributed by atoms with Crippen LogP contribution in [0.15, 0.2) is 28.2 Å². The number of aliphatic imine (C=N–C) groups is 2. The van der Waals surface area contributed by atoms with E-state index < -0.39 is 5.66 Å². The van der Waals surface area contributed by atoms with Gasteiger partial charge in [-0.05, 0) is 56.7 Å². The van der Waals surface area contributed by atoms with E-state index in [1.807, 2.05) is 34.9 Å². The highest BCUT2D eigenvalue weighted by atomic mass is 16.2. The van der Waals surface area contributed by atoms with Crippen molar-refractivity contribution in [3.05, 3.63) is 23.8 Å². The number of hydrogen-bond donors (Lipinski definition) is 2. The summed E-state index contributed by atoms with van der Waals surface area (Å²) >= 11 is 0. The van der Waals surface area contributed by atoms with Crippen molar-refractivity contribution in [3.8, 4) is 0 Å². The predicted molar refractivity (Wildman–Crippen MR) is 104 cm³/mol. The average Bonchev–Trinajstić information content (AvgIpc) is 3.02. The Kier molecular flexibility index (Phi) is 4.09. The van der Waals surface area contributed by atoms with E-state index in [0.29, 0.717) is 12.4 Å². The Balaban J connectivity index is 1.80. The van der Waals surface area contributed by atoms with Gasteiger partial charge < -0.3 is 16.4 Å². The second-order valence-corrected chi connectivity index (χ2v) is 7.39. The van der Waals surface area contributed by atoms with Crippen LogP contribution in [-0.2, 0) is 4.79 Å². The fourth-order valence-corrected chi connectivity index (χ4v) is 4.52. The molecule has 0 atom stereocenters. The normalized spacial score (nSPS) is 22.6. The van der Waals surface area contributed by atoms with E-state index >= 15 is 0 Å². The molecule has 0 radical (unpaired) electrons. The van der Waals surface area contributed by atoms with Crippen molar-refractivity contribution < 1.29 is 4.79 Å². The minimum absolute atomic E-state index is 0.181. The number of nitrogens with zero attached hydrogens (tertiary/aromatic N) is 4. The van der Waals surface area contributed by atoms with Gasteiger partial charge in [-0.3, -0.25) is 9.69 Å². The smallest absolute Gasteiger partial charge is 0.227 e. The van der Waals surface area contributed by atoms with Crippen LogP contribution in [0, 0.1) is 6.92 Å². The second kappa shape index (κ2) is 6.30. The zero-order chi connectivity index (χ0) is 18.3. The number of rotatable bonds is 2. The molecule has 1 amide bonds. The van der Waals surface area contributed by atoms with Gasteiger partial charge in [-0.25, -0.2) is 4.99 Å². The molecule has 1 aromatic rings. The highest BCUT2D eigenvalue weighted by molar-refractivity contribution is 6.07. The maximum absolute atomic E-state index is 12.2. The van der Waals surface area contributed by atoms with Crippen molar-refractivity contribution in [1.82, 2.24) is 0 Å². The van der Waals surface area contributed by atoms with Crippen LogP contribution in [-0.4, -0.2) is 30.0 Å². The summed E-state index contributed by atoms with van der Waals surface area (Å²) in [6, 6.07) is 6.02. The van der Waals surface area contributed by atoms with Crippen LogP contribution in [0.1, 0.15) is 50.5 Å². The van der Waals surface area contributed by atoms with Crippen molar-refractivity contribution in [1.29, 1.82) is 0 Å². The number of amides is 1. The lowest BCUT2D eigenvalue weighted by Gasteiger charge is -2.46. The molecule has 26 heavy (non-hydrogen) atoms. The molecular weight excluding hydrogens is 328 g/mol. The first-order valence-corrected chi connectivity index (χ1v) is 9.41. The Morgan fingerprint density at radius 1 is 1.08 bits per heavy atom. The Morgan fingerprint density at radius 3 is 2.50 bits per heavy atom. The lowest BCUT2D eigenvalue weighted by atomic mass is 9.87. The highest BCUT2D eigenvalue weighted by Gasteiger charge is 2.43. The minimum atomic E-state index is -0.466. The first-order chi connectivity index (χ1) is 12.5. The van der Waals surface area contributed by atoms with Crippen molar-refractivity contribution in [2.24, 2.45) is 21.5 Å². The molecule has 4 N–H and O–H groups in total. The Bertz CT molecular complexity index is 793. The van der Waals surface area contributed by atoms with Crippen molar-refractivity contribution in [3.63, 3.8) is 0 Å². The Morgan fingerprint density at radius 2 is 1.81 bits per heavy atom. The zero-order valence-corrected chi connectivity index (χ0v) is 15.2. The summed E-state index contributed by atoms with van der Waals surface area (Å²) in [7, 11) is 0. The Labute approximate surface area is 153 Å². The van der Waals surface area contributed by atoms with E-state index in [4.69, 9.17) is 16.5 Å². The molecule has 0 aromatic heterocycles. The minimum Gasteiger partial charge on any atom is -0.369 e. The molecule has 2 fully saturated rings. The number of anilines is 2. The highest BCUT2D eigenvalue weighted by Crippen LogP contribution is 2.42. The molecule has 2 aliphatic heterocycles. The lowest BCUT2D eigenvalue weighted by Crippen LogP contribution is -2.58. The van der Waals surface area contributed by atoms with Gasteiger partial charge in [0.25, 0.3) is 0 Å². The fourth-order valence-electron chi connectivity index (χ4n) is 4.52. The van der Waals surface area contributed by atoms with E-state index in [1.165, 1.54) is 6.42 Å². The number of guanidine groups is 2. The van der Waals surface area contributed by atoms with Crippen LogP contribution >= 0.6 is 0 Å². The summed E-state index contributed by atoms with van der Waals surface area (Å²) < 4.78 is 0. The quantitative estimate of drug-likeness (QED) is 0.850. The van der Waals surface area contributed by atoms with E-state index in [9.17, 15) is 4.79 Å². The maximum Gasteiger partial charge on any atom is 0.227 e. The number of carbonyl (C=O) groups excluding carboxylic acids is 1. The van der Waals surface area contributed by atoms with Crippen LogP contribution in [0.5, 0.6) is 0 Å². The first-order valence-electron chi connectivity index (χ1n) is 9.41. The van der Waals surface area contributed by atoms with Crippen molar-refractivity contribution in [2.45, 2.75) is 57.5 Å². The molecule has 0 unspecified atom stereocenters. The maximum atomic E-state index is 12.2. The van der Waals surface area contributed by atoms with E-state index in [1.54, 1.807) is 0 Å². The number of carbonyl (C=O) groups is 1. The summed E-state index contributed by atoms with van der Waals surface area (Å²) in [6.07, 6.45) is 6.69. The third-order valence-corrected chi connectivity index (χ3v) is 5.73. The molecule has 0 bridgehead atoms. The van der Waals surface area contributed by atoms with Gasteiger partial charge in [-0.1, -0.05) is 12.5 Å².